The molecule has 1 unspecified atom stereocenters. The van der Waals surface area contributed by atoms with Gasteiger partial charge >= 0.3 is 6.18 Å². The molecule has 10 heteroatoms. The molecule has 2 amide bonds. The van der Waals surface area contributed by atoms with Crippen molar-refractivity contribution in [1.29, 1.82) is 0 Å². The molecule has 2 aromatic carbocycles. The van der Waals surface area contributed by atoms with Gasteiger partial charge in [0.25, 0.3) is 0 Å². The van der Waals surface area contributed by atoms with Crippen LogP contribution in [0.2, 0.25) is 5.02 Å². The Morgan fingerprint density at radius 2 is 1.87 bits per heavy atom. The Labute approximate surface area is 173 Å². The molecule has 30 heavy (non-hydrogen) atoms. The molecule has 4 rings (SSSR count). The molecule has 0 saturated carbocycles. The van der Waals surface area contributed by atoms with Gasteiger partial charge in [-0.25, -0.2) is 4.68 Å². The standard InChI is InChI=1S/C20H14ClF3N4O2/c21-12-7-5-11(6-8-12)13-10-25-28-16(9-17(29)27-18(13)28)19(30)26-15-4-2-1-3-14(15)20(22,23)24/h1-8,10,16H,9H2,(H,26,30)(H,27,29). The molecule has 2 N–H and O–H groups in total. The molecule has 1 aromatic heterocycles. The highest BCUT2D eigenvalue weighted by atomic mass is 35.5. The first-order chi connectivity index (χ1) is 14.2. The number of para-hydroxylation sites is 1. The first-order valence-electron chi connectivity index (χ1n) is 8.84. The summed E-state index contributed by atoms with van der Waals surface area (Å²) in [6.07, 6.45) is -3.41. The summed E-state index contributed by atoms with van der Waals surface area (Å²) in [5.74, 6) is -0.922. The molecule has 154 valence electrons. The van der Waals surface area contributed by atoms with Crippen molar-refractivity contribution in [3.63, 3.8) is 0 Å². The summed E-state index contributed by atoms with van der Waals surface area (Å²) in [6.45, 7) is 0. The van der Waals surface area contributed by atoms with Crippen molar-refractivity contribution in [2.75, 3.05) is 10.6 Å². The van der Waals surface area contributed by atoms with Gasteiger partial charge in [-0.2, -0.15) is 18.3 Å². The van der Waals surface area contributed by atoms with Crippen LogP contribution in [-0.4, -0.2) is 21.6 Å². The van der Waals surface area contributed by atoms with Crippen LogP contribution in [0.25, 0.3) is 11.1 Å². The lowest BCUT2D eigenvalue weighted by Gasteiger charge is -2.25. The Kier molecular flexibility index (Phi) is 4.98. The van der Waals surface area contributed by atoms with Crippen molar-refractivity contribution in [3.05, 3.63) is 65.3 Å². The SMILES string of the molecule is O=C1CC(C(=O)Nc2ccccc2C(F)(F)F)n2ncc(-c3ccc(Cl)cc3)c2N1. The Morgan fingerprint density at radius 3 is 2.57 bits per heavy atom. The van der Waals surface area contributed by atoms with Crippen LogP contribution in [0.4, 0.5) is 24.7 Å². The number of carbonyl (C=O) groups excluding carboxylic acids is 2. The van der Waals surface area contributed by atoms with Gasteiger partial charge in [0.15, 0.2) is 0 Å². The van der Waals surface area contributed by atoms with Gasteiger partial charge in [-0.1, -0.05) is 35.9 Å². The van der Waals surface area contributed by atoms with Gasteiger partial charge in [-0.05, 0) is 29.8 Å². The minimum atomic E-state index is -4.63. The highest BCUT2D eigenvalue weighted by molar-refractivity contribution is 6.30. The summed E-state index contributed by atoms with van der Waals surface area (Å²) in [7, 11) is 0. The third-order valence-electron chi connectivity index (χ3n) is 4.68. The Bertz CT molecular complexity index is 1130. The fraction of sp³-hybridized carbons (Fsp3) is 0.150. The lowest BCUT2D eigenvalue weighted by atomic mass is 10.1. The van der Waals surface area contributed by atoms with Crippen LogP contribution in [0, 0.1) is 0 Å². The minimum absolute atomic E-state index is 0.255. The van der Waals surface area contributed by atoms with E-state index in [0.717, 1.165) is 12.1 Å². The number of carbonyl (C=O) groups is 2. The Morgan fingerprint density at radius 1 is 1.17 bits per heavy atom. The third-order valence-corrected chi connectivity index (χ3v) is 4.93. The molecule has 0 radical (unpaired) electrons. The zero-order valence-corrected chi connectivity index (χ0v) is 16.0. The highest BCUT2D eigenvalue weighted by Crippen LogP contribution is 2.37. The maximum atomic E-state index is 13.2. The zero-order chi connectivity index (χ0) is 21.5. The van der Waals surface area contributed by atoms with Crippen LogP contribution in [0.15, 0.2) is 54.7 Å². The molecular formula is C20H14ClF3N4O2. The predicted molar refractivity (Wildman–Crippen MR) is 105 cm³/mol. The fourth-order valence-electron chi connectivity index (χ4n) is 3.27. The highest BCUT2D eigenvalue weighted by Gasteiger charge is 2.36. The lowest BCUT2D eigenvalue weighted by molar-refractivity contribution is -0.137. The molecule has 0 bridgehead atoms. The molecule has 3 aromatic rings. The molecule has 6 nitrogen and oxygen atoms in total. The summed E-state index contributed by atoms with van der Waals surface area (Å²) >= 11 is 5.90. The number of amides is 2. The summed E-state index contributed by atoms with van der Waals surface area (Å²) in [4.78, 5) is 25.0. The van der Waals surface area contributed by atoms with Crippen LogP contribution in [0.1, 0.15) is 18.0 Å². The topological polar surface area (TPSA) is 76.0 Å². The molecule has 1 aliphatic rings. The number of benzene rings is 2. The molecular weight excluding hydrogens is 421 g/mol. The molecule has 2 heterocycles. The fourth-order valence-corrected chi connectivity index (χ4v) is 3.39. The number of alkyl halides is 3. The average Bonchev–Trinajstić information content (AvgIpc) is 3.11. The summed E-state index contributed by atoms with van der Waals surface area (Å²) < 4.78 is 41.0. The number of halogens is 4. The second-order valence-electron chi connectivity index (χ2n) is 6.66. The van der Waals surface area contributed by atoms with Gasteiger partial charge in [-0.15, -0.1) is 0 Å². The van der Waals surface area contributed by atoms with Gasteiger partial charge < -0.3 is 10.6 Å². The molecule has 1 aliphatic heterocycles. The number of nitrogens with one attached hydrogen (secondary N) is 2. The normalized spacial score (nSPS) is 16.0. The van der Waals surface area contributed by atoms with Crippen molar-refractivity contribution in [2.45, 2.75) is 18.6 Å². The second kappa shape index (κ2) is 7.49. The Hall–Kier alpha value is -3.33. The minimum Gasteiger partial charge on any atom is -0.324 e. The van der Waals surface area contributed by atoms with E-state index in [1.54, 1.807) is 24.3 Å². The van der Waals surface area contributed by atoms with Crippen LogP contribution < -0.4 is 10.6 Å². The van der Waals surface area contributed by atoms with E-state index in [9.17, 15) is 22.8 Å². The van der Waals surface area contributed by atoms with E-state index in [2.05, 4.69) is 15.7 Å². The molecule has 0 saturated heterocycles. The van der Waals surface area contributed by atoms with E-state index in [1.807, 2.05) is 0 Å². The molecule has 1 atom stereocenters. The number of rotatable bonds is 3. The summed E-state index contributed by atoms with van der Waals surface area (Å²) in [6, 6.07) is 10.4. The van der Waals surface area contributed by atoms with Gasteiger partial charge in [-0.3, -0.25) is 9.59 Å². The van der Waals surface area contributed by atoms with Gasteiger partial charge in [0.2, 0.25) is 11.8 Å². The van der Waals surface area contributed by atoms with Gasteiger partial charge in [0, 0.05) is 10.6 Å². The van der Waals surface area contributed by atoms with Crippen molar-refractivity contribution in [2.24, 2.45) is 0 Å². The van der Waals surface area contributed by atoms with Crippen molar-refractivity contribution in [3.8, 4) is 11.1 Å². The van der Waals surface area contributed by atoms with Crippen LogP contribution in [0.5, 0.6) is 0 Å². The van der Waals surface area contributed by atoms with Crippen molar-refractivity contribution >= 4 is 34.9 Å². The zero-order valence-electron chi connectivity index (χ0n) is 15.2. The van der Waals surface area contributed by atoms with Gasteiger partial charge in [0.05, 0.1) is 23.9 Å². The number of anilines is 2. The number of fused-ring (bicyclic) bond motifs is 1. The van der Waals surface area contributed by atoms with Crippen LogP contribution >= 0.6 is 11.6 Å². The molecule has 0 fully saturated rings. The second-order valence-corrected chi connectivity index (χ2v) is 7.10. The van der Waals surface area contributed by atoms with Crippen LogP contribution in [0.3, 0.4) is 0 Å². The van der Waals surface area contributed by atoms with E-state index in [-0.39, 0.29) is 17.9 Å². The van der Waals surface area contributed by atoms with Crippen molar-refractivity contribution in [1.82, 2.24) is 9.78 Å². The van der Waals surface area contributed by atoms with Crippen molar-refractivity contribution < 1.29 is 22.8 Å². The quantitative estimate of drug-likeness (QED) is 0.625. The number of hydrogen-bond donors (Lipinski definition) is 2. The van der Waals surface area contributed by atoms with E-state index < -0.39 is 29.6 Å². The lowest BCUT2D eigenvalue weighted by Crippen LogP contribution is -2.36. The number of hydrogen-bond acceptors (Lipinski definition) is 3. The number of aromatic nitrogens is 2. The summed E-state index contributed by atoms with van der Waals surface area (Å²) in [5, 5.41) is 9.69. The van der Waals surface area contributed by atoms with Crippen LogP contribution in [-0.2, 0) is 15.8 Å². The molecule has 0 spiro atoms. The monoisotopic (exact) mass is 434 g/mol. The average molecular weight is 435 g/mol. The van der Waals surface area contributed by atoms with E-state index in [4.69, 9.17) is 11.6 Å². The number of nitrogens with zero attached hydrogens (tertiary/aromatic N) is 2. The predicted octanol–water partition coefficient (Wildman–Crippen LogP) is 4.74. The smallest absolute Gasteiger partial charge is 0.324 e. The van der Waals surface area contributed by atoms with Gasteiger partial charge in [0.1, 0.15) is 11.9 Å². The van der Waals surface area contributed by atoms with E-state index in [1.165, 1.54) is 23.0 Å². The molecule has 0 aliphatic carbocycles. The maximum absolute atomic E-state index is 13.2. The first kappa shape index (κ1) is 20.0. The Balaban J connectivity index is 1.67. The third kappa shape index (κ3) is 3.76. The van der Waals surface area contributed by atoms with E-state index in [0.29, 0.717) is 16.1 Å². The largest absolute Gasteiger partial charge is 0.418 e. The van der Waals surface area contributed by atoms with E-state index >= 15 is 0 Å². The first-order valence-corrected chi connectivity index (χ1v) is 9.22. The summed E-state index contributed by atoms with van der Waals surface area (Å²) in [5.41, 5.74) is -0.0774. The maximum Gasteiger partial charge on any atom is 0.418 e.